The van der Waals surface area contributed by atoms with Crippen molar-refractivity contribution < 1.29 is 40.3 Å². The second kappa shape index (κ2) is 59.5. The largest absolute Gasteiger partial charge is 0.529 e. The van der Waals surface area contributed by atoms with Crippen LogP contribution in [0.5, 0.6) is 0 Å². The molecule has 0 amide bonds. The molecule has 7 nitrogen and oxygen atoms in total. The number of rotatable bonds is 33. The first kappa shape index (κ1) is 55.2. The zero-order chi connectivity index (χ0) is 36.4. The van der Waals surface area contributed by atoms with Gasteiger partial charge < -0.3 is 25.0 Å². The van der Waals surface area contributed by atoms with Crippen molar-refractivity contribution in [2.24, 2.45) is 10.9 Å². The van der Waals surface area contributed by atoms with E-state index in [9.17, 15) is 4.91 Å². The maximum absolute atomic E-state index is 9.76. The summed E-state index contributed by atoms with van der Waals surface area (Å²) in [6.45, 7) is 7.09. The second-order valence-electron chi connectivity index (χ2n) is 11.3. The molecule has 0 aromatic rings. The zero-order valence-electron chi connectivity index (χ0n) is 31.7. The van der Waals surface area contributed by atoms with Crippen LogP contribution in [0.15, 0.2) is 90.4 Å². The van der Waals surface area contributed by atoms with E-state index in [-0.39, 0.29) is 34.3 Å². The fourth-order valence-corrected chi connectivity index (χ4v) is 4.40. The van der Waals surface area contributed by atoms with Gasteiger partial charge in [0, 0.05) is 34.2 Å². The van der Waals surface area contributed by atoms with Crippen molar-refractivity contribution in [2.45, 2.75) is 142 Å². The number of aliphatic hydroxyl groups excluding tert-OH is 1. The summed E-state index contributed by atoms with van der Waals surface area (Å²) in [7, 11) is -0.415. The Morgan fingerprint density at radius 3 is 1.46 bits per heavy atom. The van der Waals surface area contributed by atoms with Crippen LogP contribution in [-0.2, 0) is 30.3 Å². The summed E-state index contributed by atoms with van der Waals surface area (Å²) in [6.07, 6.45) is 54.3. The number of hydrogen-bond donors (Lipinski definition) is 3. The van der Waals surface area contributed by atoms with Gasteiger partial charge in [0.05, 0.1) is 12.9 Å². The van der Waals surface area contributed by atoms with Gasteiger partial charge >= 0.3 is 0 Å². The Kier molecular flexibility index (Phi) is 65.7. The predicted molar refractivity (Wildman–Crippen MR) is 216 cm³/mol. The minimum absolute atomic E-state index is 0. The van der Waals surface area contributed by atoms with E-state index >= 15 is 0 Å². The van der Waals surface area contributed by atoms with Gasteiger partial charge in [-0.05, 0) is 70.5 Å². The van der Waals surface area contributed by atoms with Gasteiger partial charge in [-0.15, -0.1) is 0 Å². The minimum Gasteiger partial charge on any atom is -0.529 e. The summed E-state index contributed by atoms with van der Waals surface area (Å²) in [5.74, 6) is 0. The van der Waals surface area contributed by atoms with Crippen LogP contribution in [0.1, 0.15) is 142 Å². The maximum Gasteiger partial charge on any atom is 0.152 e. The van der Waals surface area contributed by atoms with Crippen LogP contribution in [0.4, 0.5) is 0 Å². The number of allylic oxidation sites excluding steroid dienone is 12. The van der Waals surface area contributed by atoms with Gasteiger partial charge in [-0.1, -0.05) is 157 Å². The summed E-state index contributed by atoms with van der Waals surface area (Å²) >= 11 is 0. The van der Waals surface area contributed by atoms with E-state index in [4.69, 9.17) is 20.5 Å². The molecule has 0 fully saturated rings. The molecule has 1 unspecified atom stereocenters. The molecule has 4 N–H and O–H groups in total. The van der Waals surface area contributed by atoms with Crippen molar-refractivity contribution in [3.05, 3.63) is 96.7 Å². The van der Waals surface area contributed by atoms with E-state index < -0.39 is 9.03 Å². The quantitative estimate of drug-likeness (QED) is 0.0151. The van der Waals surface area contributed by atoms with Gasteiger partial charge in [0.2, 0.25) is 0 Å². The van der Waals surface area contributed by atoms with Crippen LogP contribution in [0.25, 0.3) is 0 Å². The Bertz CT molecular complexity index is 813. The van der Waals surface area contributed by atoms with Crippen molar-refractivity contribution in [1.29, 1.82) is 0 Å². The molecule has 0 radical (unpaired) electrons. The molecule has 0 aromatic heterocycles. The van der Waals surface area contributed by atoms with Crippen molar-refractivity contribution in [2.75, 3.05) is 26.4 Å². The number of nitrogens with zero attached hydrogens (tertiary/aromatic N) is 1. The van der Waals surface area contributed by atoms with Crippen LogP contribution in [0, 0.1) is 11.5 Å². The minimum atomic E-state index is -0.415. The SMILES string of the molecule is CC/C=C\C/C=C\C/C=C\C/C=C\C/C=C\C/C=C\CCO.CCCCCCCCCCCCCC/C=C\OC[CH-]N=O.NCCOPO.[W]. The molecule has 1 atom stereocenters. The van der Waals surface area contributed by atoms with Gasteiger partial charge in [0.15, 0.2) is 9.03 Å². The first-order valence-electron chi connectivity index (χ1n) is 18.9. The van der Waals surface area contributed by atoms with E-state index in [0.29, 0.717) is 13.2 Å². The molecule has 0 aliphatic heterocycles. The van der Waals surface area contributed by atoms with Crippen LogP contribution >= 0.6 is 9.03 Å². The number of ether oxygens (including phenoxy) is 1. The number of nitroso groups, excluding NO2 is 1. The first-order chi connectivity index (χ1) is 24.2. The zero-order valence-corrected chi connectivity index (χ0v) is 35.6. The molecular weight excluding hydrogens is 815 g/mol. The van der Waals surface area contributed by atoms with Gasteiger partial charge in [0.25, 0.3) is 0 Å². The molecule has 0 spiro atoms. The fraction of sp³-hybridized carbons (Fsp3) is 0.634. The third kappa shape index (κ3) is 64.9. The monoisotopic (exact) mass is 889 g/mol. The molecule has 0 bridgehead atoms. The summed E-state index contributed by atoms with van der Waals surface area (Å²) < 4.78 is 9.49. The third-order valence-electron chi connectivity index (χ3n) is 6.84. The molecule has 0 rings (SSSR count). The number of aliphatic hydroxyl groups is 1. The van der Waals surface area contributed by atoms with Crippen molar-refractivity contribution >= 4 is 9.03 Å². The Balaban J connectivity index is -0.000000357. The summed E-state index contributed by atoms with van der Waals surface area (Å²) in [4.78, 5) is 17.7. The smallest absolute Gasteiger partial charge is 0.152 e. The van der Waals surface area contributed by atoms with Crippen LogP contribution in [0.2, 0.25) is 0 Å². The van der Waals surface area contributed by atoms with E-state index in [1.54, 1.807) is 6.26 Å². The molecule has 9 heteroatoms. The normalized spacial score (nSPS) is 11.8. The van der Waals surface area contributed by atoms with Crippen LogP contribution < -0.4 is 5.73 Å². The third-order valence-corrected chi connectivity index (χ3v) is 7.17. The Labute approximate surface area is 324 Å². The molecule has 0 aliphatic rings. The van der Waals surface area contributed by atoms with E-state index in [1.807, 2.05) is 12.2 Å². The van der Waals surface area contributed by atoms with Crippen LogP contribution in [0.3, 0.4) is 0 Å². The summed E-state index contributed by atoms with van der Waals surface area (Å²) in [5.41, 5.74) is 4.98. The molecule has 50 heavy (non-hydrogen) atoms. The number of nitrogens with two attached hydrogens (primary N) is 1. The number of hydrogen-bond acceptors (Lipinski definition) is 7. The molecule has 0 saturated carbocycles. The first-order valence-corrected chi connectivity index (χ1v) is 19.7. The molecular formula is C41H74N2O5PW-. The Morgan fingerprint density at radius 2 is 1.08 bits per heavy atom. The molecule has 290 valence electrons. The standard InChI is InChI=1S/C21H32O.C18H34NO2.C2H8NO2P.W/c1-2-3-4-5-6-7-8-9-10-11-12-13-14-15-16-17-18-19-20-21-22;1-2-3-4-5-6-7-8-9-10-11-12-13-14-15-17-21-18-16-19-20;3-1-2-5-6-4;/h3-4,6-7,9-10,12-13,15-16,18-19,22H,2,5,8,11,14,17,20-21H2,1H3;15-17H,2-14,18H2,1H3;4,6H,1-3H2;/q;-1;;/b4-3-,7-6-,10-9-,13-12-,16-15-,19-18-;17-15-;;. The number of unbranched alkanes of at least 4 members (excludes halogenated alkanes) is 12. The average molecular weight is 890 g/mol. The molecule has 0 aromatic carbocycles. The molecule has 0 aliphatic carbocycles. The van der Waals surface area contributed by atoms with Gasteiger partial charge in [0.1, 0.15) is 0 Å². The van der Waals surface area contributed by atoms with Gasteiger partial charge in [-0.3, -0.25) is 0 Å². The van der Waals surface area contributed by atoms with E-state index in [0.717, 1.165) is 51.4 Å². The molecule has 0 heterocycles. The van der Waals surface area contributed by atoms with E-state index in [1.165, 1.54) is 83.6 Å². The van der Waals surface area contributed by atoms with E-state index in [2.05, 4.69) is 90.4 Å². The fourth-order valence-electron chi connectivity index (χ4n) is 4.19. The van der Waals surface area contributed by atoms with Gasteiger partial charge in [-0.2, -0.15) is 4.91 Å². The summed E-state index contributed by atoms with van der Waals surface area (Å²) in [5, 5.41) is 11.2. The average Bonchev–Trinajstić information content (AvgIpc) is 3.12. The Morgan fingerprint density at radius 1 is 0.640 bits per heavy atom. The maximum atomic E-state index is 9.76. The second-order valence-corrected chi connectivity index (χ2v) is 11.8. The summed E-state index contributed by atoms with van der Waals surface area (Å²) in [6, 6.07) is 0. The van der Waals surface area contributed by atoms with Crippen molar-refractivity contribution in [1.82, 2.24) is 0 Å². The van der Waals surface area contributed by atoms with Crippen LogP contribution in [-0.4, -0.2) is 36.4 Å². The molecule has 0 saturated heterocycles. The Hall–Kier alpha value is -1.59. The van der Waals surface area contributed by atoms with Gasteiger partial charge in [-0.25, -0.2) is 11.7 Å². The topological polar surface area (TPSA) is 114 Å². The predicted octanol–water partition coefficient (Wildman–Crippen LogP) is 12.1. The van der Waals surface area contributed by atoms with Crippen molar-refractivity contribution in [3.63, 3.8) is 0 Å². The van der Waals surface area contributed by atoms with Crippen molar-refractivity contribution in [3.8, 4) is 0 Å².